The van der Waals surface area contributed by atoms with Gasteiger partial charge < -0.3 is 5.11 Å². The summed E-state index contributed by atoms with van der Waals surface area (Å²) in [5.41, 5.74) is 4.25. The minimum absolute atomic E-state index is 0.0978. The first kappa shape index (κ1) is 14.3. The third-order valence-electron chi connectivity index (χ3n) is 3.20. The Morgan fingerprint density at radius 2 is 2.00 bits per heavy atom. The number of aryl methyl sites for hydroxylation is 2. The molecule has 0 fully saturated rings. The van der Waals surface area contributed by atoms with E-state index >= 15 is 0 Å². The van der Waals surface area contributed by atoms with E-state index in [4.69, 9.17) is 5.11 Å². The van der Waals surface area contributed by atoms with Crippen LogP contribution in [0.4, 0.5) is 0 Å². The molecule has 1 aromatic heterocycles. The molecule has 4 nitrogen and oxygen atoms in total. The quantitative estimate of drug-likeness (QED) is 0.928. The highest BCUT2D eigenvalue weighted by Gasteiger charge is 2.16. The monoisotopic (exact) mass is 272 g/mol. The van der Waals surface area contributed by atoms with Gasteiger partial charge in [-0.3, -0.25) is 0 Å². The second-order valence-corrected chi connectivity index (χ2v) is 5.63. The van der Waals surface area contributed by atoms with E-state index in [1.807, 2.05) is 26.0 Å². The van der Waals surface area contributed by atoms with Crippen molar-refractivity contribution in [1.82, 2.24) is 9.78 Å². The minimum Gasteiger partial charge on any atom is -0.476 e. The number of benzene rings is 1. The fourth-order valence-corrected chi connectivity index (χ4v) is 2.34. The number of rotatable bonds is 4. The van der Waals surface area contributed by atoms with E-state index in [9.17, 15) is 4.79 Å². The third kappa shape index (κ3) is 2.90. The highest BCUT2D eigenvalue weighted by molar-refractivity contribution is 5.85. The van der Waals surface area contributed by atoms with Crippen LogP contribution in [-0.2, 0) is 6.42 Å². The van der Waals surface area contributed by atoms with Gasteiger partial charge in [0.1, 0.15) is 0 Å². The van der Waals surface area contributed by atoms with Gasteiger partial charge in [-0.2, -0.15) is 5.10 Å². The predicted octanol–water partition coefficient (Wildman–Crippen LogP) is 3.39. The van der Waals surface area contributed by atoms with Crippen molar-refractivity contribution >= 4 is 5.97 Å². The molecule has 1 heterocycles. The summed E-state index contributed by atoms with van der Waals surface area (Å²) in [6.45, 7) is 8.28. The lowest BCUT2D eigenvalue weighted by atomic mass is 10.1. The summed E-state index contributed by atoms with van der Waals surface area (Å²) in [6, 6.07) is 7.76. The Morgan fingerprint density at radius 1 is 1.30 bits per heavy atom. The molecular weight excluding hydrogens is 252 g/mol. The normalized spacial score (nSPS) is 11.1. The molecule has 106 valence electrons. The van der Waals surface area contributed by atoms with E-state index in [-0.39, 0.29) is 5.69 Å². The third-order valence-corrected chi connectivity index (χ3v) is 3.20. The SMILES string of the molecule is Cc1ccc(-n2nc(C(=O)O)cc2CC(C)C)c(C)c1. The lowest BCUT2D eigenvalue weighted by Gasteiger charge is -2.12. The molecule has 2 aromatic rings. The van der Waals surface area contributed by atoms with E-state index in [0.29, 0.717) is 5.92 Å². The summed E-state index contributed by atoms with van der Waals surface area (Å²) in [4.78, 5) is 11.1. The van der Waals surface area contributed by atoms with Gasteiger partial charge in [0.15, 0.2) is 5.69 Å². The maximum atomic E-state index is 11.1. The Morgan fingerprint density at radius 3 is 2.55 bits per heavy atom. The van der Waals surface area contributed by atoms with Crippen LogP contribution in [0.5, 0.6) is 0 Å². The van der Waals surface area contributed by atoms with E-state index in [0.717, 1.165) is 23.4 Å². The molecule has 2 rings (SSSR count). The summed E-state index contributed by atoms with van der Waals surface area (Å²) >= 11 is 0. The molecule has 1 aromatic carbocycles. The fraction of sp³-hybridized carbons (Fsp3) is 0.375. The maximum Gasteiger partial charge on any atom is 0.356 e. The number of aromatic carboxylic acids is 1. The van der Waals surface area contributed by atoms with Gasteiger partial charge in [-0.05, 0) is 43.9 Å². The standard InChI is InChI=1S/C16H20N2O2/c1-10(2)7-13-9-14(16(19)20)17-18(13)15-6-5-11(3)8-12(15)4/h5-6,8-10H,7H2,1-4H3,(H,19,20). The molecule has 20 heavy (non-hydrogen) atoms. The Bertz CT molecular complexity index is 642. The maximum absolute atomic E-state index is 11.1. The first-order valence-corrected chi connectivity index (χ1v) is 6.78. The first-order valence-electron chi connectivity index (χ1n) is 6.78. The van der Waals surface area contributed by atoms with Crippen LogP contribution in [-0.4, -0.2) is 20.9 Å². The Kier molecular flexibility index (Phi) is 3.93. The number of nitrogens with zero attached hydrogens (tertiary/aromatic N) is 2. The number of carbonyl (C=O) groups is 1. The van der Waals surface area contributed by atoms with E-state index < -0.39 is 5.97 Å². The molecule has 0 saturated heterocycles. The fourth-order valence-electron chi connectivity index (χ4n) is 2.34. The van der Waals surface area contributed by atoms with Crippen molar-refractivity contribution < 1.29 is 9.90 Å². The van der Waals surface area contributed by atoms with Crippen LogP contribution in [0.15, 0.2) is 24.3 Å². The van der Waals surface area contributed by atoms with Crippen LogP contribution in [0.1, 0.15) is 41.2 Å². The van der Waals surface area contributed by atoms with Gasteiger partial charge in [0.2, 0.25) is 0 Å². The molecule has 0 aliphatic heterocycles. The molecule has 0 spiro atoms. The number of carboxylic acid groups (broad SMARTS) is 1. The van der Waals surface area contributed by atoms with Crippen LogP contribution in [0.2, 0.25) is 0 Å². The van der Waals surface area contributed by atoms with Crippen molar-refractivity contribution in [2.75, 3.05) is 0 Å². The summed E-state index contributed by atoms with van der Waals surface area (Å²) in [5, 5.41) is 13.4. The molecule has 0 bridgehead atoms. The van der Waals surface area contributed by atoms with Crippen LogP contribution in [0.3, 0.4) is 0 Å². The molecular formula is C16H20N2O2. The smallest absolute Gasteiger partial charge is 0.356 e. The van der Waals surface area contributed by atoms with Crippen molar-refractivity contribution in [2.45, 2.75) is 34.1 Å². The van der Waals surface area contributed by atoms with Gasteiger partial charge in [0.25, 0.3) is 0 Å². The van der Waals surface area contributed by atoms with Crippen LogP contribution >= 0.6 is 0 Å². The predicted molar refractivity (Wildman–Crippen MR) is 78.5 cm³/mol. The molecule has 0 amide bonds. The molecule has 0 atom stereocenters. The van der Waals surface area contributed by atoms with E-state index in [2.05, 4.69) is 25.0 Å². The van der Waals surface area contributed by atoms with Crippen molar-refractivity contribution in [1.29, 1.82) is 0 Å². The summed E-state index contributed by atoms with van der Waals surface area (Å²) in [7, 11) is 0. The van der Waals surface area contributed by atoms with E-state index in [1.54, 1.807) is 10.7 Å². The Balaban J connectivity index is 2.55. The van der Waals surface area contributed by atoms with Crippen LogP contribution < -0.4 is 0 Å². The lowest BCUT2D eigenvalue weighted by molar-refractivity contribution is 0.0690. The second-order valence-electron chi connectivity index (χ2n) is 5.63. The van der Waals surface area contributed by atoms with Crippen molar-refractivity contribution in [3.8, 4) is 5.69 Å². The number of carboxylic acids is 1. The topological polar surface area (TPSA) is 55.1 Å². The molecule has 0 radical (unpaired) electrons. The summed E-state index contributed by atoms with van der Waals surface area (Å²) in [5.74, 6) is -0.545. The molecule has 0 aliphatic rings. The highest BCUT2D eigenvalue weighted by Crippen LogP contribution is 2.20. The average Bonchev–Trinajstić information content (AvgIpc) is 2.72. The van der Waals surface area contributed by atoms with Gasteiger partial charge in [-0.1, -0.05) is 31.5 Å². The lowest BCUT2D eigenvalue weighted by Crippen LogP contribution is -2.07. The molecule has 4 heteroatoms. The van der Waals surface area contributed by atoms with Gasteiger partial charge >= 0.3 is 5.97 Å². The van der Waals surface area contributed by atoms with Crippen molar-refractivity contribution in [2.24, 2.45) is 5.92 Å². The number of aromatic nitrogens is 2. The van der Waals surface area contributed by atoms with Crippen LogP contribution in [0.25, 0.3) is 5.69 Å². The van der Waals surface area contributed by atoms with Gasteiger partial charge in [0.05, 0.1) is 5.69 Å². The molecule has 0 aliphatic carbocycles. The van der Waals surface area contributed by atoms with Gasteiger partial charge in [-0.25, -0.2) is 9.48 Å². The average molecular weight is 272 g/mol. The Hall–Kier alpha value is -2.10. The second kappa shape index (κ2) is 5.49. The molecule has 0 saturated carbocycles. The van der Waals surface area contributed by atoms with Crippen molar-refractivity contribution in [3.05, 3.63) is 46.8 Å². The number of hydrogen-bond donors (Lipinski definition) is 1. The highest BCUT2D eigenvalue weighted by atomic mass is 16.4. The summed E-state index contributed by atoms with van der Waals surface area (Å²) < 4.78 is 1.76. The summed E-state index contributed by atoms with van der Waals surface area (Å²) in [6.07, 6.45) is 0.799. The number of hydrogen-bond acceptors (Lipinski definition) is 2. The molecule has 0 unspecified atom stereocenters. The zero-order valence-corrected chi connectivity index (χ0v) is 12.3. The zero-order valence-electron chi connectivity index (χ0n) is 12.3. The zero-order chi connectivity index (χ0) is 14.9. The largest absolute Gasteiger partial charge is 0.476 e. The first-order chi connectivity index (χ1) is 9.38. The molecule has 1 N–H and O–H groups in total. The van der Waals surface area contributed by atoms with Crippen molar-refractivity contribution in [3.63, 3.8) is 0 Å². The minimum atomic E-state index is -0.987. The van der Waals surface area contributed by atoms with Gasteiger partial charge in [-0.15, -0.1) is 0 Å². The Labute approximate surface area is 119 Å². The van der Waals surface area contributed by atoms with Crippen LogP contribution in [0, 0.1) is 19.8 Å². The van der Waals surface area contributed by atoms with E-state index in [1.165, 1.54) is 5.56 Å². The van der Waals surface area contributed by atoms with Gasteiger partial charge in [0, 0.05) is 5.69 Å².